The van der Waals surface area contributed by atoms with Gasteiger partial charge in [-0.05, 0) is 36.2 Å². The molecule has 1 nitrogen and oxygen atoms in total. The van der Waals surface area contributed by atoms with Crippen LogP contribution in [0.4, 0.5) is 23.2 Å². The van der Waals surface area contributed by atoms with Gasteiger partial charge in [0.15, 0.2) is 0 Å². The molecule has 0 spiro atoms. The Kier molecular flexibility index (Phi) is 3.22. The first kappa shape index (κ1) is 13.4. The average molecular weight is 269 g/mol. The van der Waals surface area contributed by atoms with Crippen LogP contribution < -0.4 is 5.73 Å². The van der Waals surface area contributed by atoms with Crippen LogP contribution in [0.25, 0.3) is 11.1 Å². The van der Waals surface area contributed by atoms with Crippen molar-refractivity contribution in [3.63, 3.8) is 0 Å². The van der Waals surface area contributed by atoms with Crippen molar-refractivity contribution in [3.8, 4) is 11.1 Å². The highest BCUT2D eigenvalue weighted by Crippen LogP contribution is 2.33. The van der Waals surface area contributed by atoms with Crippen LogP contribution in [0.1, 0.15) is 11.1 Å². The van der Waals surface area contributed by atoms with Crippen LogP contribution in [0, 0.1) is 12.7 Å². The number of hydrogen-bond donors (Lipinski definition) is 1. The first-order valence-electron chi connectivity index (χ1n) is 5.52. The van der Waals surface area contributed by atoms with E-state index in [0.29, 0.717) is 17.3 Å². The zero-order chi connectivity index (χ0) is 14.2. The molecule has 0 heterocycles. The summed E-state index contributed by atoms with van der Waals surface area (Å²) in [6, 6.07) is 7.32. The summed E-state index contributed by atoms with van der Waals surface area (Å²) in [5, 5.41) is 0. The highest BCUT2D eigenvalue weighted by molar-refractivity contribution is 5.69. The average Bonchev–Trinajstić information content (AvgIpc) is 2.31. The van der Waals surface area contributed by atoms with E-state index >= 15 is 0 Å². The van der Waals surface area contributed by atoms with Gasteiger partial charge in [-0.1, -0.05) is 18.2 Å². The van der Waals surface area contributed by atoms with Crippen LogP contribution >= 0.6 is 0 Å². The highest BCUT2D eigenvalue weighted by atomic mass is 19.4. The number of benzene rings is 2. The Hall–Kier alpha value is -2.04. The van der Waals surface area contributed by atoms with Crippen molar-refractivity contribution in [1.82, 2.24) is 0 Å². The lowest BCUT2D eigenvalue weighted by Gasteiger charge is -2.10. The summed E-state index contributed by atoms with van der Waals surface area (Å²) < 4.78 is 51.1. The third kappa shape index (κ3) is 2.70. The van der Waals surface area contributed by atoms with Crippen LogP contribution in [-0.2, 0) is 6.18 Å². The summed E-state index contributed by atoms with van der Waals surface area (Å²) in [6.45, 7) is 1.79. The van der Waals surface area contributed by atoms with Gasteiger partial charge in [0.05, 0.1) is 5.56 Å². The minimum Gasteiger partial charge on any atom is -0.398 e. The molecule has 0 amide bonds. The Balaban J connectivity index is 2.49. The highest BCUT2D eigenvalue weighted by Gasteiger charge is 2.31. The van der Waals surface area contributed by atoms with E-state index in [4.69, 9.17) is 5.73 Å². The molecular weight excluding hydrogens is 258 g/mol. The minimum atomic E-state index is -4.55. The van der Waals surface area contributed by atoms with Gasteiger partial charge >= 0.3 is 6.18 Å². The van der Waals surface area contributed by atoms with Gasteiger partial charge in [-0.2, -0.15) is 13.2 Å². The van der Waals surface area contributed by atoms with Crippen molar-refractivity contribution in [2.75, 3.05) is 5.73 Å². The molecular formula is C14H11F4N. The topological polar surface area (TPSA) is 26.0 Å². The first-order valence-corrected chi connectivity index (χ1v) is 5.52. The molecule has 0 aliphatic carbocycles. The van der Waals surface area contributed by atoms with Crippen LogP contribution in [-0.4, -0.2) is 0 Å². The van der Waals surface area contributed by atoms with Gasteiger partial charge < -0.3 is 5.73 Å². The van der Waals surface area contributed by atoms with Crippen LogP contribution in [0.15, 0.2) is 36.4 Å². The maximum Gasteiger partial charge on any atom is 0.416 e. The summed E-state index contributed by atoms with van der Waals surface area (Å²) in [5.74, 6) is -0.918. The van der Waals surface area contributed by atoms with Gasteiger partial charge in [-0.15, -0.1) is 0 Å². The molecule has 0 unspecified atom stereocenters. The van der Waals surface area contributed by atoms with Crippen LogP contribution in [0.2, 0.25) is 0 Å². The SMILES string of the molecule is Cc1ccc(-c2ccc(C(F)(F)F)cc2F)cc1N. The molecule has 0 saturated carbocycles. The molecule has 2 aromatic carbocycles. The molecule has 0 aliphatic heterocycles. The first-order chi connectivity index (χ1) is 8.79. The van der Waals surface area contributed by atoms with E-state index in [1.807, 2.05) is 0 Å². The summed E-state index contributed by atoms with van der Waals surface area (Å²) in [6.07, 6.45) is -4.55. The van der Waals surface area contributed by atoms with Gasteiger partial charge in [0, 0.05) is 11.3 Å². The molecule has 0 aromatic heterocycles. The van der Waals surface area contributed by atoms with Crippen molar-refractivity contribution < 1.29 is 17.6 Å². The molecule has 0 aliphatic rings. The summed E-state index contributed by atoms with van der Waals surface area (Å²) in [7, 11) is 0. The Morgan fingerprint density at radius 2 is 1.68 bits per heavy atom. The number of alkyl halides is 3. The van der Waals surface area contributed by atoms with E-state index < -0.39 is 17.6 Å². The standard InChI is InChI=1S/C14H11F4N/c1-8-2-3-9(6-13(8)19)11-5-4-10(7-12(11)15)14(16,17)18/h2-7H,19H2,1H3. The molecule has 0 saturated heterocycles. The number of nitrogen functional groups attached to an aromatic ring is 1. The van der Waals surface area contributed by atoms with Crippen LogP contribution in [0.5, 0.6) is 0 Å². The molecule has 0 radical (unpaired) electrons. The molecule has 0 atom stereocenters. The van der Waals surface area contributed by atoms with Crippen molar-refractivity contribution in [3.05, 3.63) is 53.3 Å². The number of hydrogen-bond acceptors (Lipinski definition) is 1. The Labute approximate surface area is 107 Å². The summed E-state index contributed by atoms with van der Waals surface area (Å²) in [4.78, 5) is 0. The van der Waals surface area contributed by atoms with E-state index in [2.05, 4.69) is 0 Å². The zero-order valence-corrected chi connectivity index (χ0v) is 10.1. The fourth-order valence-corrected chi connectivity index (χ4v) is 1.73. The molecule has 100 valence electrons. The molecule has 0 fully saturated rings. The van der Waals surface area contributed by atoms with Gasteiger partial charge in [0.2, 0.25) is 0 Å². The number of aryl methyl sites for hydroxylation is 1. The number of rotatable bonds is 1. The van der Waals surface area contributed by atoms with Gasteiger partial charge in [0.1, 0.15) is 5.82 Å². The van der Waals surface area contributed by atoms with Gasteiger partial charge in [-0.3, -0.25) is 0 Å². The Bertz CT molecular complexity index is 617. The van der Waals surface area contributed by atoms with E-state index in [9.17, 15) is 17.6 Å². The van der Waals surface area contributed by atoms with E-state index in [0.717, 1.165) is 17.7 Å². The quantitative estimate of drug-likeness (QED) is 0.602. The smallest absolute Gasteiger partial charge is 0.398 e. The van der Waals surface area contributed by atoms with Crippen molar-refractivity contribution >= 4 is 5.69 Å². The maximum absolute atomic E-state index is 13.8. The Morgan fingerprint density at radius 3 is 2.21 bits per heavy atom. The van der Waals surface area contributed by atoms with Crippen molar-refractivity contribution in [1.29, 1.82) is 0 Å². The maximum atomic E-state index is 13.8. The minimum absolute atomic E-state index is 0.0969. The lowest BCUT2D eigenvalue weighted by Crippen LogP contribution is -2.05. The van der Waals surface area contributed by atoms with Gasteiger partial charge in [0.25, 0.3) is 0 Å². The fraction of sp³-hybridized carbons (Fsp3) is 0.143. The molecule has 2 rings (SSSR count). The lowest BCUT2D eigenvalue weighted by atomic mass is 10.0. The normalized spacial score (nSPS) is 11.6. The predicted molar refractivity (Wildman–Crippen MR) is 66.0 cm³/mol. The second-order valence-corrected chi connectivity index (χ2v) is 4.26. The van der Waals surface area contributed by atoms with E-state index in [1.165, 1.54) is 0 Å². The molecule has 19 heavy (non-hydrogen) atoms. The van der Waals surface area contributed by atoms with E-state index in [-0.39, 0.29) is 5.56 Å². The second kappa shape index (κ2) is 4.57. The summed E-state index contributed by atoms with van der Waals surface area (Å²) in [5.41, 5.74) is 6.55. The summed E-state index contributed by atoms with van der Waals surface area (Å²) >= 11 is 0. The Morgan fingerprint density at radius 1 is 1.00 bits per heavy atom. The largest absolute Gasteiger partial charge is 0.416 e. The van der Waals surface area contributed by atoms with Crippen LogP contribution in [0.3, 0.4) is 0 Å². The zero-order valence-electron chi connectivity index (χ0n) is 10.1. The monoisotopic (exact) mass is 269 g/mol. The number of nitrogens with two attached hydrogens (primary N) is 1. The molecule has 5 heteroatoms. The molecule has 2 N–H and O–H groups in total. The van der Waals surface area contributed by atoms with Crippen molar-refractivity contribution in [2.24, 2.45) is 0 Å². The van der Waals surface area contributed by atoms with Crippen molar-refractivity contribution in [2.45, 2.75) is 13.1 Å². The third-order valence-electron chi connectivity index (χ3n) is 2.89. The fourth-order valence-electron chi connectivity index (χ4n) is 1.73. The molecule has 2 aromatic rings. The van der Waals surface area contributed by atoms with E-state index in [1.54, 1.807) is 25.1 Å². The predicted octanol–water partition coefficient (Wildman–Crippen LogP) is 4.40. The number of anilines is 1. The second-order valence-electron chi connectivity index (χ2n) is 4.26. The number of halogens is 4. The third-order valence-corrected chi connectivity index (χ3v) is 2.89. The molecule has 0 bridgehead atoms. The van der Waals surface area contributed by atoms with Gasteiger partial charge in [-0.25, -0.2) is 4.39 Å². The lowest BCUT2D eigenvalue weighted by molar-refractivity contribution is -0.137.